The third-order valence-electron chi connectivity index (χ3n) is 3.71. The van der Waals surface area contributed by atoms with E-state index in [0.29, 0.717) is 25.0 Å². The third-order valence-corrected chi connectivity index (χ3v) is 3.71. The van der Waals surface area contributed by atoms with Crippen molar-refractivity contribution < 1.29 is 8.78 Å². The number of halogens is 2. The van der Waals surface area contributed by atoms with Gasteiger partial charge in [-0.1, -0.05) is 0 Å². The number of alkyl halides is 2. The van der Waals surface area contributed by atoms with Gasteiger partial charge in [-0.2, -0.15) is 0 Å². The first kappa shape index (κ1) is 12.6. The summed E-state index contributed by atoms with van der Waals surface area (Å²) in [5.41, 5.74) is 5.83. The molecule has 2 aliphatic rings. The minimum atomic E-state index is -2.49. The van der Waals surface area contributed by atoms with Crippen molar-refractivity contribution in [2.45, 2.75) is 50.5 Å². The molecule has 0 radical (unpaired) electrons. The molecule has 0 spiro atoms. The highest BCUT2D eigenvalue weighted by atomic mass is 19.3. The predicted molar refractivity (Wildman–Crippen MR) is 64.2 cm³/mol. The van der Waals surface area contributed by atoms with Gasteiger partial charge in [-0.3, -0.25) is 4.99 Å². The van der Waals surface area contributed by atoms with Crippen molar-refractivity contribution >= 4 is 5.96 Å². The monoisotopic (exact) mass is 245 g/mol. The lowest BCUT2D eigenvalue weighted by Crippen LogP contribution is -2.36. The van der Waals surface area contributed by atoms with Crippen LogP contribution >= 0.6 is 0 Å². The molecule has 0 saturated heterocycles. The molecule has 0 heterocycles. The molecule has 98 valence electrons. The van der Waals surface area contributed by atoms with Crippen LogP contribution in [0, 0.1) is 5.92 Å². The first-order valence-corrected chi connectivity index (χ1v) is 6.38. The molecule has 2 N–H and O–H groups in total. The maximum Gasteiger partial charge on any atom is 0.248 e. The number of hydrogen-bond donors (Lipinski definition) is 1. The predicted octanol–water partition coefficient (Wildman–Crippen LogP) is 2.22. The Morgan fingerprint density at radius 1 is 1.41 bits per heavy atom. The van der Waals surface area contributed by atoms with E-state index < -0.39 is 5.92 Å². The summed E-state index contributed by atoms with van der Waals surface area (Å²) in [7, 11) is 1.92. The smallest absolute Gasteiger partial charge is 0.248 e. The molecule has 2 rings (SSSR count). The largest absolute Gasteiger partial charge is 0.370 e. The second-order valence-electron chi connectivity index (χ2n) is 5.36. The molecule has 2 fully saturated rings. The highest BCUT2D eigenvalue weighted by Gasteiger charge is 2.36. The molecule has 0 aromatic carbocycles. The fraction of sp³-hybridized carbons (Fsp3) is 0.917. The SMILES string of the molecule is CN(C(N)=NCC1CCCC(F)(F)C1)C1CC1. The Labute approximate surface area is 101 Å². The third kappa shape index (κ3) is 3.54. The summed E-state index contributed by atoms with van der Waals surface area (Å²) in [6.45, 7) is 0.443. The minimum absolute atomic E-state index is 0.00935. The molecule has 0 amide bonds. The second-order valence-corrected chi connectivity index (χ2v) is 5.36. The molecule has 3 nitrogen and oxygen atoms in total. The normalized spacial score (nSPS) is 29.1. The fourth-order valence-electron chi connectivity index (χ4n) is 2.41. The highest BCUT2D eigenvalue weighted by molar-refractivity contribution is 5.78. The lowest BCUT2D eigenvalue weighted by molar-refractivity contribution is -0.0508. The molecule has 0 bridgehead atoms. The molecule has 1 atom stereocenters. The van der Waals surface area contributed by atoms with Gasteiger partial charge in [0.1, 0.15) is 0 Å². The zero-order valence-electron chi connectivity index (χ0n) is 10.3. The van der Waals surface area contributed by atoms with E-state index in [1.807, 2.05) is 11.9 Å². The molecule has 5 heteroatoms. The number of aliphatic imine (C=N–C) groups is 1. The number of nitrogens with two attached hydrogens (primary N) is 1. The average molecular weight is 245 g/mol. The van der Waals surface area contributed by atoms with Crippen LogP contribution in [-0.4, -0.2) is 36.4 Å². The number of guanidine groups is 1. The summed E-state index contributed by atoms with van der Waals surface area (Å²) < 4.78 is 26.4. The van der Waals surface area contributed by atoms with E-state index in [1.165, 1.54) is 0 Å². The minimum Gasteiger partial charge on any atom is -0.370 e. The van der Waals surface area contributed by atoms with Gasteiger partial charge >= 0.3 is 0 Å². The topological polar surface area (TPSA) is 41.6 Å². The van der Waals surface area contributed by atoms with Gasteiger partial charge < -0.3 is 10.6 Å². The molecule has 1 unspecified atom stereocenters. The van der Waals surface area contributed by atoms with Crippen LogP contribution in [0.2, 0.25) is 0 Å². The summed E-state index contributed by atoms with van der Waals surface area (Å²) in [6.07, 6.45) is 3.77. The lowest BCUT2D eigenvalue weighted by Gasteiger charge is -2.28. The van der Waals surface area contributed by atoms with Crippen molar-refractivity contribution in [3.05, 3.63) is 0 Å². The van der Waals surface area contributed by atoms with E-state index in [4.69, 9.17) is 5.73 Å². The first-order chi connectivity index (χ1) is 7.98. The molecule has 0 aromatic rings. The van der Waals surface area contributed by atoms with Crippen LogP contribution in [0.25, 0.3) is 0 Å². The summed E-state index contributed by atoms with van der Waals surface area (Å²) in [6, 6.07) is 0.520. The number of hydrogen-bond acceptors (Lipinski definition) is 1. The second kappa shape index (κ2) is 4.78. The molecule has 2 saturated carbocycles. The standard InChI is InChI=1S/C12H21F2N3/c1-17(10-4-5-10)11(15)16-8-9-3-2-6-12(13,14)7-9/h9-10H,2-8H2,1H3,(H2,15,16). The zero-order chi connectivity index (χ0) is 12.5. The van der Waals surface area contributed by atoms with Gasteiger partial charge in [-0.25, -0.2) is 8.78 Å². The van der Waals surface area contributed by atoms with E-state index in [0.717, 1.165) is 19.3 Å². The van der Waals surface area contributed by atoms with Crippen LogP contribution in [0.3, 0.4) is 0 Å². The Bertz CT molecular complexity index is 300. The van der Waals surface area contributed by atoms with Crippen LogP contribution in [0.5, 0.6) is 0 Å². The van der Waals surface area contributed by atoms with Crippen molar-refractivity contribution in [2.75, 3.05) is 13.6 Å². The highest BCUT2D eigenvalue weighted by Crippen LogP contribution is 2.36. The Morgan fingerprint density at radius 2 is 2.12 bits per heavy atom. The number of nitrogens with zero attached hydrogens (tertiary/aromatic N) is 2. The van der Waals surface area contributed by atoms with Gasteiger partial charge in [0.2, 0.25) is 5.92 Å². The van der Waals surface area contributed by atoms with E-state index in [-0.39, 0.29) is 18.8 Å². The van der Waals surface area contributed by atoms with Crippen LogP contribution in [-0.2, 0) is 0 Å². The quantitative estimate of drug-likeness (QED) is 0.612. The Balaban J connectivity index is 1.82. The van der Waals surface area contributed by atoms with Crippen molar-refractivity contribution in [1.29, 1.82) is 0 Å². The molecule has 0 aromatic heterocycles. The van der Waals surface area contributed by atoms with Crippen LogP contribution < -0.4 is 5.73 Å². The van der Waals surface area contributed by atoms with E-state index in [1.54, 1.807) is 0 Å². The van der Waals surface area contributed by atoms with E-state index in [2.05, 4.69) is 4.99 Å². The zero-order valence-corrected chi connectivity index (χ0v) is 10.3. The summed E-state index contributed by atoms with van der Waals surface area (Å²) in [4.78, 5) is 6.22. The van der Waals surface area contributed by atoms with Gasteiger partial charge in [0.25, 0.3) is 0 Å². The molecule has 17 heavy (non-hydrogen) atoms. The van der Waals surface area contributed by atoms with E-state index >= 15 is 0 Å². The Morgan fingerprint density at radius 3 is 2.71 bits per heavy atom. The molecular weight excluding hydrogens is 224 g/mol. The summed E-state index contributed by atoms with van der Waals surface area (Å²) >= 11 is 0. The van der Waals surface area contributed by atoms with Gasteiger partial charge in [0.05, 0.1) is 0 Å². The van der Waals surface area contributed by atoms with Crippen molar-refractivity contribution in [3.63, 3.8) is 0 Å². The van der Waals surface area contributed by atoms with Crippen LogP contribution in [0.1, 0.15) is 38.5 Å². The van der Waals surface area contributed by atoms with Crippen molar-refractivity contribution in [3.8, 4) is 0 Å². The molecular formula is C12H21F2N3. The Hall–Kier alpha value is -0.870. The summed E-state index contributed by atoms with van der Waals surface area (Å²) in [5, 5.41) is 0. The fourth-order valence-corrected chi connectivity index (χ4v) is 2.41. The van der Waals surface area contributed by atoms with Crippen LogP contribution in [0.4, 0.5) is 8.78 Å². The number of rotatable bonds is 3. The van der Waals surface area contributed by atoms with Crippen molar-refractivity contribution in [1.82, 2.24) is 4.90 Å². The first-order valence-electron chi connectivity index (χ1n) is 6.38. The molecule has 2 aliphatic carbocycles. The lowest BCUT2D eigenvalue weighted by atomic mass is 9.87. The van der Waals surface area contributed by atoms with Crippen LogP contribution in [0.15, 0.2) is 4.99 Å². The average Bonchev–Trinajstić information content (AvgIpc) is 3.07. The van der Waals surface area contributed by atoms with Gasteiger partial charge in [0, 0.05) is 32.5 Å². The van der Waals surface area contributed by atoms with Crippen molar-refractivity contribution in [2.24, 2.45) is 16.6 Å². The van der Waals surface area contributed by atoms with Gasteiger partial charge in [-0.15, -0.1) is 0 Å². The summed E-state index contributed by atoms with van der Waals surface area (Å²) in [5.74, 6) is -2.00. The maximum absolute atomic E-state index is 13.2. The maximum atomic E-state index is 13.2. The van der Waals surface area contributed by atoms with E-state index in [9.17, 15) is 8.78 Å². The van der Waals surface area contributed by atoms with Gasteiger partial charge in [0.15, 0.2) is 5.96 Å². The Kier molecular flexibility index (Phi) is 3.54. The molecule has 0 aliphatic heterocycles. The van der Waals surface area contributed by atoms with Gasteiger partial charge in [-0.05, 0) is 31.6 Å².